The van der Waals surface area contributed by atoms with Crippen LogP contribution in [0.15, 0.2) is 23.2 Å². The molecular formula is C12H17N3O3S2. The lowest BCUT2D eigenvalue weighted by molar-refractivity contribution is -0.0440. The molecule has 0 aliphatic carbocycles. The van der Waals surface area contributed by atoms with Crippen LogP contribution in [0, 0.1) is 0 Å². The third kappa shape index (κ3) is 2.98. The molecule has 110 valence electrons. The molecule has 1 aliphatic rings. The van der Waals surface area contributed by atoms with Crippen LogP contribution >= 0.6 is 12.2 Å². The molecule has 0 unspecified atom stereocenters. The first-order valence-electron chi connectivity index (χ1n) is 6.23. The minimum absolute atomic E-state index is 0.0291. The SMILES string of the molecule is C[C@@H]1CN(S(=O)(=O)c2cccnc2C(N)=S)C[C@H](C)O1. The minimum atomic E-state index is -3.68. The number of thiocarbonyl (C=S) groups is 1. The Balaban J connectivity index is 2.43. The van der Waals surface area contributed by atoms with E-state index in [2.05, 4.69) is 4.98 Å². The van der Waals surface area contributed by atoms with Crippen molar-refractivity contribution in [3.63, 3.8) is 0 Å². The van der Waals surface area contributed by atoms with E-state index < -0.39 is 10.0 Å². The fourth-order valence-corrected chi connectivity index (χ4v) is 4.23. The lowest BCUT2D eigenvalue weighted by atomic mass is 10.3. The predicted octanol–water partition coefficient (Wildman–Crippen LogP) is 0.514. The van der Waals surface area contributed by atoms with Crippen LogP contribution in [0.1, 0.15) is 19.5 Å². The van der Waals surface area contributed by atoms with Crippen molar-refractivity contribution in [2.45, 2.75) is 31.0 Å². The summed E-state index contributed by atoms with van der Waals surface area (Å²) in [5.41, 5.74) is 5.69. The molecule has 6 nitrogen and oxygen atoms in total. The van der Waals surface area contributed by atoms with Crippen molar-refractivity contribution in [3.8, 4) is 0 Å². The molecule has 1 aromatic rings. The number of sulfonamides is 1. The maximum atomic E-state index is 12.7. The molecule has 0 bridgehead atoms. The molecule has 0 amide bonds. The standard InChI is InChI=1S/C12H17N3O3S2/c1-8-6-15(7-9(2)18-8)20(16,17)10-4-3-5-14-11(10)12(13)19/h3-5,8-9H,6-7H2,1-2H3,(H2,13,19)/t8-,9+. The Hall–Kier alpha value is -1.09. The molecule has 2 heterocycles. The lowest BCUT2D eigenvalue weighted by Crippen LogP contribution is -2.48. The number of hydrogen-bond donors (Lipinski definition) is 1. The van der Waals surface area contributed by atoms with Crippen molar-refractivity contribution in [3.05, 3.63) is 24.0 Å². The van der Waals surface area contributed by atoms with E-state index in [1.807, 2.05) is 13.8 Å². The van der Waals surface area contributed by atoms with Crippen LogP contribution in [-0.4, -0.2) is 48.0 Å². The minimum Gasteiger partial charge on any atom is -0.388 e. The number of morpholine rings is 1. The summed E-state index contributed by atoms with van der Waals surface area (Å²) in [5.74, 6) is 0. The zero-order chi connectivity index (χ0) is 14.9. The Morgan fingerprint density at radius 3 is 2.60 bits per heavy atom. The Morgan fingerprint density at radius 2 is 2.05 bits per heavy atom. The smallest absolute Gasteiger partial charge is 0.245 e. The van der Waals surface area contributed by atoms with Gasteiger partial charge in [0, 0.05) is 19.3 Å². The maximum absolute atomic E-state index is 12.7. The molecule has 2 N–H and O–H groups in total. The number of nitrogens with two attached hydrogens (primary N) is 1. The molecule has 0 spiro atoms. The highest BCUT2D eigenvalue weighted by Gasteiger charge is 2.34. The highest BCUT2D eigenvalue weighted by Crippen LogP contribution is 2.22. The molecule has 1 aromatic heterocycles. The number of rotatable bonds is 3. The number of ether oxygens (including phenoxy) is 1. The van der Waals surface area contributed by atoms with E-state index in [-0.39, 0.29) is 27.8 Å². The normalized spacial score (nSPS) is 24.5. The van der Waals surface area contributed by atoms with Gasteiger partial charge in [-0.1, -0.05) is 12.2 Å². The highest BCUT2D eigenvalue weighted by atomic mass is 32.2. The second-order valence-corrected chi connectivity index (χ2v) is 7.14. The number of nitrogens with zero attached hydrogens (tertiary/aromatic N) is 2. The zero-order valence-corrected chi connectivity index (χ0v) is 12.9. The molecule has 2 atom stereocenters. The van der Waals surface area contributed by atoms with E-state index in [0.717, 1.165) is 0 Å². The van der Waals surface area contributed by atoms with Crippen LogP contribution in [0.3, 0.4) is 0 Å². The zero-order valence-electron chi connectivity index (χ0n) is 11.3. The molecule has 2 rings (SSSR count). The van der Waals surface area contributed by atoms with E-state index in [9.17, 15) is 8.42 Å². The van der Waals surface area contributed by atoms with Gasteiger partial charge in [0.2, 0.25) is 10.0 Å². The molecule has 8 heteroatoms. The Kier molecular flexibility index (Phi) is 4.38. The van der Waals surface area contributed by atoms with Gasteiger partial charge in [0.25, 0.3) is 0 Å². The van der Waals surface area contributed by atoms with Crippen molar-refractivity contribution in [2.75, 3.05) is 13.1 Å². The van der Waals surface area contributed by atoms with Gasteiger partial charge in [-0.2, -0.15) is 4.31 Å². The first-order valence-corrected chi connectivity index (χ1v) is 8.07. The first kappa shape index (κ1) is 15.3. The van der Waals surface area contributed by atoms with Gasteiger partial charge in [-0.05, 0) is 26.0 Å². The van der Waals surface area contributed by atoms with E-state index in [0.29, 0.717) is 13.1 Å². The van der Waals surface area contributed by atoms with Gasteiger partial charge in [-0.25, -0.2) is 8.42 Å². The third-order valence-corrected chi connectivity index (χ3v) is 5.06. The molecule has 0 saturated carbocycles. The van der Waals surface area contributed by atoms with Crippen molar-refractivity contribution in [1.82, 2.24) is 9.29 Å². The Labute approximate surface area is 124 Å². The first-order chi connectivity index (χ1) is 9.32. The lowest BCUT2D eigenvalue weighted by Gasteiger charge is -2.34. The van der Waals surface area contributed by atoms with Gasteiger partial charge in [0.05, 0.1) is 12.2 Å². The summed E-state index contributed by atoms with van der Waals surface area (Å²) in [5, 5.41) is 0. The average Bonchev–Trinajstić information content (AvgIpc) is 2.37. The van der Waals surface area contributed by atoms with Crippen LogP contribution in [0.2, 0.25) is 0 Å². The average molecular weight is 315 g/mol. The summed E-state index contributed by atoms with van der Waals surface area (Å²) in [6, 6.07) is 3.03. The molecule has 1 saturated heterocycles. The molecule has 0 aromatic carbocycles. The summed E-state index contributed by atoms with van der Waals surface area (Å²) in [4.78, 5) is 3.99. The fourth-order valence-electron chi connectivity index (χ4n) is 2.25. The largest absolute Gasteiger partial charge is 0.388 e. The summed E-state index contributed by atoms with van der Waals surface area (Å²) in [7, 11) is -3.68. The van der Waals surface area contributed by atoms with E-state index in [4.69, 9.17) is 22.7 Å². The van der Waals surface area contributed by atoms with Gasteiger partial charge in [-0.15, -0.1) is 0 Å². The van der Waals surface area contributed by atoms with Crippen LogP contribution in [0.4, 0.5) is 0 Å². The molecule has 1 fully saturated rings. The maximum Gasteiger partial charge on any atom is 0.245 e. The number of aromatic nitrogens is 1. The number of pyridine rings is 1. The molecule has 0 radical (unpaired) electrons. The molecular weight excluding hydrogens is 298 g/mol. The highest BCUT2D eigenvalue weighted by molar-refractivity contribution is 7.89. The predicted molar refractivity (Wildman–Crippen MR) is 78.9 cm³/mol. The summed E-state index contributed by atoms with van der Waals surface area (Å²) >= 11 is 4.87. The van der Waals surface area contributed by atoms with Crippen molar-refractivity contribution in [2.24, 2.45) is 5.73 Å². The van der Waals surface area contributed by atoms with Gasteiger partial charge in [-0.3, -0.25) is 4.98 Å². The second-order valence-electron chi connectivity index (χ2n) is 4.79. The van der Waals surface area contributed by atoms with Crippen LogP contribution in [0.5, 0.6) is 0 Å². The summed E-state index contributed by atoms with van der Waals surface area (Å²) in [6.07, 6.45) is 1.16. The van der Waals surface area contributed by atoms with Crippen LogP contribution in [-0.2, 0) is 14.8 Å². The van der Waals surface area contributed by atoms with E-state index >= 15 is 0 Å². The monoisotopic (exact) mass is 315 g/mol. The summed E-state index contributed by atoms with van der Waals surface area (Å²) < 4.78 is 32.4. The quantitative estimate of drug-likeness (QED) is 0.818. The van der Waals surface area contributed by atoms with Crippen LogP contribution in [0.25, 0.3) is 0 Å². The Morgan fingerprint density at radius 1 is 1.45 bits per heavy atom. The van der Waals surface area contributed by atoms with E-state index in [1.54, 1.807) is 6.07 Å². The van der Waals surface area contributed by atoms with Crippen LogP contribution < -0.4 is 5.73 Å². The van der Waals surface area contributed by atoms with Gasteiger partial charge in [0.15, 0.2) is 0 Å². The second kappa shape index (κ2) is 5.72. The van der Waals surface area contributed by atoms with Crippen molar-refractivity contribution in [1.29, 1.82) is 0 Å². The van der Waals surface area contributed by atoms with Crippen molar-refractivity contribution >= 4 is 27.2 Å². The topological polar surface area (TPSA) is 85.5 Å². The number of hydrogen-bond acceptors (Lipinski definition) is 5. The van der Waals surface area contributed by atoms with Gasteiger partial charge < -0.3 is 10.5 Å². The molecule has 20 heavy (non-hydrogen) atoms. The van der Waals surface area contributed by atoms with Gasteiger partial charge in [0.1, 0.15) is 15.6 Å². The molecule has 1 aliphatic heterocycles. The fraction of sp³-hybridized carbons (Fsp3) is 0.500. The third-order valence-electron chi connectivity index (χ3n) is 3.01. The summed E-state index contributed by atoms with van der Waals surface area (Å²) in [6.45, 7) is 4.29. The van der Waals surface area contributed by atoms with E-state index in [1.165, 1.54) is 16.6 Å². The van der Waals surface area contributed by atoms with Crippen molar-refractivity contribution < 1.29 is 13.2 Å². The van der Waals surface area contributed by atoms with Gasteiger partial charge >= 0.3 is 0 Å². The Bertz CT molecular complexity index is 608.